The minimum Gasteiger partial charge on any atom is -0.337 e. The van der Waals surface area contributed by atoms with E-state index in [1.807, 2.05) is 53.0 Å². The average molecular weight is 367 g/mol. The Labute approximate surface area is 156 Å². The number of anilines is 1. The molecular weight excluding hydrogens is 346 g/mol. The molecule has 1 aliphatic rings. The molecule has 3 heterocycles. The summed E-state index contributed by atoms with van der Waals surface area (Å²) in [6, 6.07) is 7.75. The first-order valence-corrected chi connectivity index (χ1v) is 9.65. The Kier molecular flexibility index (Phi) is 4.81. The molecule has 1 aliphatic heterocycles. The lowest BCUT2D eigenvalue weighted by molar-refractivity contribution is -0.120. The van der Waals surface area contributed by atoms with Gasteiger partial charge in [-0.3, -0.25) is 9.69 Å². The van der Waals surface area contributed by atoms with Gasteiger partial charge in [0.2, 0.25) is 5.91 Å². The second kappa shape index (κ2) is 7.39. The van der Waals surface area contributed by atoms with Crippen LogP contribution in [-0.4, -0.2) is 37.9 Å². The second-order valence-corrected chi connectivity index (χ2v) is 7.24. The number of aryl methyl sites for hydroxylation is 1. The zero-order valence-corrected chi connectivity index (χ0v) is 15.4. The normalized spacial score (nSPS) is 17.5. The van der Waals surface area contributed by atoms with Crippen molar-refractivity contribution in [1.82, 2.24) is 19.4 Å². The molecule has 7 heteroatoms. The molecular formula is C19H21N5OS. The Balaban J connectivity index is 1.41. The highest BCUT2D eigenvalue weighted by molar-refractivity contribution is 7.07. The van der Waals surface area contributed by atoms with Crippen LogP contribution in [0.15, 0.2) is 47.5 Å². The van der Waals surface area contributed by atoms with E-state index in [-0.39, 0.29) is 11.9 Å². The minimum absolute atomic E-state index is 0.0538. The largest absolute Gasteiger partial charge is 0.337 e. The smallest absolute Gasteiger partial charge is 0.241 e. The number of carbonyl (C=O) groups is 1. The van der Waals surface area contributed by atoms with Crippen LogP contribution >= 0.6 is 11.3 Å². The number of thiazole rings is 1. The molecule has 3 aromatic rings. The molecule has 6 nitrogen and oxygen atoms in total. The Hall–Kier alpha value is -2.51. The van der Waals surface area contributed by atoms with Gasteiger partial charge in [-0.05, 0) is 31.5 Å². The number of nitrogens with one attached hydrogen (secondary N) is 1. The fourth-order valence-electron chi connectivity index (χ4n) is 3.35. The van der Waals surface area contributed by atoms with Crippen molar-refractivity contribution in [3.63, 3.8) is 0 Å². The Morgan fingerprint density at radius 2 is 2.15 bits per heavy atom. The SMILES string of the molecule is Cn1ccnc1CN1CCC[C@@H]1C(=O)Nc1ccc(-c2cscn2)cc1. The molecule has 1 aromatic carbocycles. The molecule has 0 spiro atoms. The number of carbonyl (C=O) groups excluding carboxylic acids is 1. The lowest BCUT2D eigenvalue weighted by Crippen LogP contribution is -2.39. The van der Waals surface area contributed by atoms with Crippen molar-refractivity contribution >= 4 is 22.9 Å². The summed E-state index contributed by atoms with van der Waals surface area (Å²) >= 11 is 1.58. The van der Waals surface area contributed by atoms with Gasteiger partial charge in [0.25, 0.3) is 0 Å². The predicted molar refractivity (Wildman–Crippen MR) is 103 cm³/mol. The van der Waals surface area contributed by atoms with Crippen LogP contribution in [0.5, 0.6) is 0 Å². The minimum atomic E-state index is -0.107. The summed E-state index contributed by atoms with van der Waals surface area (Å²) < 4.78 is 2.00. The maximum Gasteiger partial charge on any atom is 0.241 e. The molecule has 1 saturated heterocycles. The summed E-state index contributed by atoms with van der Waals surface area (Å²) in [5.74, 6) is 1.04. The lowest BCUT2D eigenvalue weighted by Gasteiger charge is -2.23. The Morgan fingerprint density at radius 1 is 1.31 bits per heavy atom. The predicted octanol–water partition coefficient (Wildman–Crippen LogP) is 3.15. The summed E-state index contributed by atoms with van der Waals surface area (Å²) in [5.41, 5.74) is 4.66. The first kappa shape index (κ1) is 16.9. The summed E-state index contributed by atoms with van der Waals surface area (Å²) in [4.78, 5) is 23.7. The first-order valence-electron chi connectivity index (χ1n) is 8.70. The van der Waals surface area contributed by atoms with Gasteiger partial charge in [0.1, 0.15) is 5.82 Å². The number of amides is 1. The number of hydrogen-bond acceptors (Lipinski definition) is 5. The van der Waals surface area contributed by atoms with Gasteiger partial charge in [-0.1, -0.05) is 12.1 Å². The first-order chi connectivity index (χ1) is 12.7. The molecule has 0 aliphatic carbocycles. The molecule has 4 rings (SSSR count). The van der Waals surface area contributed by atoms with E-state index in [2.05, 4.69) is 20.2 Å². The molecule has 26 heavy (non-hydrogen) atoms. The summed E-state index contributed by atoms with van der Waals surface area (Å²) in [7, 11) is 1.98. The van der Waals surface area contributed by atoms with Gasteiger partial charge in [-0.2, -0.15) is 0 Å². The van der Waals surface area contributed by atoms with Crippen LogP contribution in [0, 0.1) is 0 Å². The zero-order valence-electron chi connectivity index (χ0n) is 14.6. The lowest BCUT2D eigenvalue weighted by atomic mass is 10.1. The van der Waals surface area contributed by atoms with Crippen LogP contribution in [-0.2, 0) is 18.4 Å². The van der Waals surface area contributed by atoms with Gasteiger partial charge in [0.05, 0.1) is 23.8 Å². The summed E-state index contributed by atoms with van der Waals surface area (Å²) in [6.07, 6.45) is 5.65. The monoisotopic (exact) mass is 367 g/mol. The number of likely N-dealkylation sites (tertiary alicyclic amines) is 1. The molecule has 0 unspecified atom stereocenters. The third-order valence-electron chi connectivity index (χ3n) is 4.81. The van der Waals surface area contributed by atoms with Gasteiger partial charge in [-0.15, -0.1) is 11.3 Å². The van der Waals surface area contributed by atoms with Gasteiger partial charge < -0.3 is 9.88 Å². The number of rotatable bonds is 5. The van der Waals surface area contributed by atoms with E-state index in [1.165, 1.54) is 0 Å². The number of imidazole rings is 1. The van der Waals surface area contributed by atoms with E-state index in [4.69, 9.17) is 0 Å². The van der Waals surface area contributed by atoms with Crippen molar-refractivity contribution in [3.05, 3.63) is 53.4 Å². The van der Waals surface area contributed by atoms with E-state index in [9.17, 15) is 4.79 Å². The molecule has 1 amide bonds. The highest BCUT2D eigenvalue weighted by Crippen LogP contribution is 2.23. The van der Waals surface area contributed by atoms with Crippen LogP contribution in [0.3, 0.4) is 0 Å². The van der Waals surface area contributed by atoms with Crippen LogP contribution < -0.4 is 5.32 Å². The average Bonchev–Trinajstić information content (AvgIpc) is 3.39. The van der Waals surface area contributed by atoms with Crippen molar-refractivity contribution in [2.24, 2.45) is 7.05 Å². The molecule has 1 fully saturated rings. The second-order valence-electron chi connectivity index (χ2n) is 6.52. The topological polar surface area (TPSA) is 63.1 Å². The van der Waals surface area contributed by atoms with E-state index >= 15 is 0 Å². The van der Waals surface area contributed by atoms with Crippen molar-refractivity contribution < 1.29 is 4.79 Å². The van der Waals surface area contributed by atoms with E-state index in [0.717, 1.165) is 42.2 Å². The molecule has 0 radical (unpaired) electrons. The third kappa shape index (κ3) is 3.54. The molecule has 0 bridgehead atoms. The van der Waals surface area contributed by atoms with Crippen molar-refractivity contribution in [2.45, 2.75) is 25.4 Å². The number of aromatic nitrogens is 3. The van der Waals surface area contributed by atoms with Gasteiger partial charge >= 0.3 is 0 Å². The maximum absolute atomic E-state index is 12.8. The molecule has 134 valence electrons. The summed E-state index contributed by atoms with van der Waals surface area (Å²) in [6.45, 7) is 1.62. The van der Waals surface area contributed by atoms with Crippen molar-refractivity contribution in [1.29, 1.82) is 0 Å². The van der Waals surface area contributed by atoms with Crippen molar-refractivity contribution in [3.8, 4) is 11.3 Å². The fourth-order valence-corrected chi connectivity index (χ4v) is 3.91. The van der Waals surface area contributed by atoms with E-state index in [1.54, 1.807) is 17.5 Å². The van der Waals surface area contributed by atoms with E-state index in [0.29, 0.717) is 6.54 Å². The van der Waals surface area contributed by atoms with Crippen molar-refractivity contribution in [2.75, 3.05) is 11.9 Å². The van der Waals surface area contributed by atoms with Crippen LogP contribution in [0.4, 0.5) is 5.69 Å². The number of hydrogen-bond donors (Lipinski definition) is 1. The standard InChI is InChI=1S/C19H21N5OS/c1-23-10-8-20-18(23)11-24-9-2-3-17(24)19(25)22-15-6-4-14(5-7-15)16-12-26-13-21-16/h4-8,10,12-13,17H,2-3,9,11H2,1H3,(H,22,25)/t17-/m1/s1. The van der Waals surface area contributed by atoms with Crippen LogP contribution in [0.25, 0.3) is 11.3 Å². The number of nitrogens with zero attached hydrogens (tertiary/aromatic N) is 4. The van der Waals surface area contributed by atoms with Gasteiger partial charge in [-0.25, -0.2) is 9.97 Å². The molecule has 0 saturated carbocycles. The number of benzene rings is 1. The highest BCUT2D eigenvalue weighted by Gasteiger charge is 2.31. The van der Waals surface area contributed by atoms with Gasteiger partial charge in [0, 0.05) is 36.1 Å². The summed E-state index contributed by atoms with van der Waals surface area (Å²) in [5, 5.41) is 5.07. The zero-order chi connectivity index (χ0) is 17.9. The molecule has 1 N–H and O–H groups in total. The highest BCUT2D eigenvalue weighted by atomic mass is 32.1. The van der Waals surface area contributed by atoms with E-state index < -0.39 is 0 Å². The third-order valence-corrected chi connectivity index (χ3v) is 5.40. The quantitative estimate of drug-likeness (QED) is 0.752. The fraction of sp³-hybridized carbons (Fsp3) is 0.316. The van der Waals surface area contributed by atoms with Gasteiger partial charge in [0.15, 0.2) is 0 Å². The van der Waals surface area contributed by atoms with Crippen LogP contribution in [0.1, 0.15) is 18.7 Å². The Morgan fingerprint density at radius 3 is 2.85 bits per heavy atom. The molecule has 2 aromatic heterocycles. The Bertz CT molecular complexity index is 872. The maximum atomic E-state index is 12.8. The van der Waals surface area contributed by atoms with Crippen LogP contribution in [0.2, 0.25) is 0 Å². The molecule has 1 atom stereocenters.